The summed E-state index contributed by atoms with van der Waals surface area (Å²) in [6, 6.07) is 2.59. The third kappa shape index (κ3) is 2.44. The minimum Gasteiger partial charge on any atom is -0.367 e. The molecule has 2 aliphatic heterocycles. The number of ketones is 1. The number of rotatable bonds is 3. The maximum atomic E-state index is 12.1. The van der Waals surface area contributed by atoms with E-state index in [0.29, 0.717) is 12.5 Å². The fourth-order valence-corrected chi connectivity index (χ4v) is 3.39. The molecular weight excluding hydrogens is 234 g/mol. The second-order valence-electron chi connectivity index (χ2n) is 4.89. The number of carbonyl (C=O) groups is 1. The highest BCUT2D eigenvalue weighted by Crippen LogP contribution is 2.23. The number of hydrogen-bond acceptors (Lipinski definition) is 4. The fraction of sp³-hybridized carbons (Fsp3) is 0.615. The van der Waals surface area contributed by atoms with Gasteiger partial charge in [0.15, 0.2) is 5.78 Å². The van der Waals surface area contributed by atoms with Crippen molar-refractivity contribution in [1.82, 2.24) is 4.90 Å². The van der Waals surface area contributed by atoms with Gasteiger partial charge in [-0.2, -0.15) is 11.3 Å². The normalized spacial score (nSPS) is 29.2. The van der Waals surface area contributed by atoms with Crippen molar-refractivity contribution in [3.05, 3.63) is 22.4 Å². The molecule has 3 nitrogen and oxygen atoms in total. The number of nitrogens with zero attached hydrogens (tertiary/aromatic N) is 1. The van der Waals surface area contributed by atoms with Crippen LogP contribution in [-0.2, 0) is 16.0 Å². The van der Waals surface area contributed by atoms with Gasteiger partial charge in [-0.25, -0.2) is 0 Å². The van der Waals surface area contributed by atoms with E-state index in [4.69, 9.17) is 4.74 Å². The molecule has 2 atom stereocenters. The Bertz CT molecular complexity index is 390. The van der Waals surface area contributed by atoms with Crippen molar-refractivity contribution in [2.45, 2.75) is 31.4 Å². The second-order valence-corrected chi connectivity index (χ2v) is 5.67. The highest BCUT2D eigenvalue weighted by Gasteiger charge is 2.34. The summed E-state index contributed by atoms with van der Waals surface area (Å²) in [6.07, 6.45) is 2.79. The summed E-state index contributed by atoms with van der Waals surface area (Å²) < 4.78 is 5.71. The molecule has 0 bridgehead atoms. The van der Waals surface area contributed by atoms with Crippen LogP contribution < -0.4 is 0 Å². The number of morpholine rings is 1. The molecule has 0 spiro atoms. The molecule has 3 rings (SSSR count). The second kappa shape index (κ2) is 4.88. The number of Topliss-reactive ketones (excluding diaryl/α,β-unsaturated/α-hetero) is 1. The number of carbonyl (C=O) groups excluding carboxylic acids is 1. The van der Waals surface area contributed by atoms with E-state index in [2.05, 4.69) is 4.90 Å². The van der Waals surface area contributed by atoms with Crippen molar-refractivity contribution in [2.24, 2.45) is 0 Å². The fourth-order valence-electron chi connectivity index (χ4n) is 2.72. The van der Waals surface area contributed by atoms with Crippen LogP contribution >= 0.6 is 11.3 Å². The molecule has 92 valence electrons. The highest BCUT2D eigenvalue weighted by atomic mass is 32.1. The summed E-state index contributed by atoms with van der Waals surface area (Å²) in [7, 11) is 0. The summed E-state index contributed by atoms with van der Waals surface area (Å²) in [4.78, 5) is 14.5. The van der Waals surface area contributed by atoms with E-state index in [1.54, 1.807) is 11.3 Å². The molecule has 3 heterocycles. The zero-order chi connectivity index (χ0) is 11.7. The monoisotopic (exact) mass is 251 g/mol. The molecule has 0 radical (unpaired) electrons. The molecule has 0 aliphatic carbocycles. The van der Waals surface area contributed by atoms with Gasteiger partial charge >= 0.3 is 0 Å². The van der Waals surface area contributed by atoms with Gasteiger partial charge < -0.3 is 4.74 Å². The van der Waals surface area contributed by atoms with Crippen LogP contribution in [-0.4, -0.2) is 42.5 Å². The van der Waals surface area contributed by atoms with Gasteiger partial charge in [0.2, 0.25) is 0 Å². The summed E-state index contributed by atoms with van der Waals surface area (Å²) in [5.41, 5.74) is 1.12. The summed E-state index contributed by atoms with van der Waals surface area (Å²) in [5.74, 6) is 0.230. The first-order valence-corrected chi connectivity index (χ1v) is 7.16. The smallest absolute Gasteiger partial charge is 0.167 e. The molecule has 0 aromatic carbocycles. The maximum Gasteiger partial charge on any atom is 0.167 e. The van der Waals surface area contributed by atoms with E-state index >= 15 is 0 Å². The quantitative estimate of drug-likeness (QED) is 0.819. The van der Waals surface area contributed by atoms with E-state index in [-0.39, 0.29) is 11.9 Å². The van der Waals surface area contributed by atoms with Gasteiger partial charge in [0, 0.05) is 19.0 Å². The van der Waals surface area contributed by atoms with Crippen molar-refractivity contribution in [3.63, 3.8) is 0 Å². The number of hydrogen-bond donors (Lipinski definition) is 0. The predicted molar refractivity (Wildman–Crippen MR) is 67.4 cm³/mol. The van der Waals surface area contributed by atoms with Crippen molar-refractivity contribution >= 4 is 17.1 Å². The lowest BCUT2D eigenvalue weighted by atomic mass is 10.1. The van der Waals surface area contributed by atoms with Gasteiger partial charge in [0.25, 0.3) is 0 Å². The zero-order valence-corrected chi connectivity index (χ0v) is 10.6. The number of fused-ring (bicyclic) bond motifs is 1. The molecule has 0 saturated carbocycles. The van der Waals surface area contributed by atoms with Gasteiger partial charge in [0.05, 0.1) is 6.61 Å². The van der Waals surface area contributed by atoms with Crippen molar-refractivity contribution < 1.29 is 9.53 Å². The Hall–Kier alpha value is -0.710. The first-order valence-electron chi connectivity index (χ1n) is 6.22. The molecule has 2 unspecified atom stereocenters. The van der Waals surface area contributed by atoms with Gasteiger partial charge in [0.1, 0.15) is 6.10 Å². The van der Waals surface area contributed by atoms with Gasteiger partial charge in [-0.15, -0.1) is 0 Å². The van der Waals surface area contributed by atoms with Crippen LogP contribution in [0, 0.1) is 0 Å². The SMILES string of the molecule is O=C(Cc1ccsc1)C1CN2CCCC2CO1. The lowest BCUT2D eigenvalue weighted by molar-refractivity contribution is -0.137. The van der Waals surface area contributed by atoms with Crippen molar-refractivity contribution in [2.75, 3.05) is 19.7 Å². The van der Waals surface area contributed by atoms with Crippen LogP contribution in [0.3, 0.4) is 0 Å². The van der Waals surface area contributed by atoms with E-state index in [0.717, 1.165) is 25.3 Å². The third-order valence-electron chi connectivity index (χ3n) is 3.71. The van der Waals surface area contributed by atoms with Crippen LogP contribution in [0.15, 0.2) is 16.8 Å². The van der Waals surface area contributed by atoms with Crippen LogP contribution in [0.1, 0.15) is 18.4 Å². The molecule has 1 aromatic rings. The molecule has 17 heavy (non-hydrogen) atoms. The largest absolute Gasteiger partial charge is 0.367 e. The van der Waals surface area contributed by atoms with Crippen molar-refractivity contribution in [3.8, 4) is 0 Å². The van der Waals surface area contributed by atoms with Crippen LogP contribution in [0.5, 0.6) is 0 Å². The summed E-state index contributed by atoms with van der Waals surface area (Å²) in [6.45, 7) is 2.67. The third-order valence-corrected chi connectivity index (χ3v) is 4.44. The first kappa shape index (κ1) is 11.4. The van der Waals surface area contributed by atoms with Gasteiger partial charge in [-0.3, -0.25) is 9.69 Å². The average Bonchev–Trinajstić information content (AvgIpc) is 2.97. The summed E-state index contributed by atoms with van der Waals surface area (Å²) in [5, 5.41) is 4.06. The van der Waals surface area contributed by atoms with Crippen molar-refractivity contribution in [1.29, 1.82) is 0 Å². The average molecular weight is 251 g/mol. The van der Waals surface area contributed by atoms with E-state index in [1.165, 1.54) is 12.8 Å². The topological polar surface area (TPSA) is 29.5 Å². The van der Waals surface area contributed by atoms with Gasteiger partial charge in [-0.1, -0.05) is 0 Å². The molecule has 2 saturated heterocycles. The lowest BCUT2D eigenvalue weighted by Crippen LogP contribution is -2.49. The highest BCUT2D eigenvalue weighted by molar-refractivity contribution is 7.07. The Balaban J connectivity index is 1.59. The Morgan fingerprint density at radius 1 is 1.59 bits per heavy atom. The van der Waals surface area contributed by atoms with Gasteiger partial charge in [-0.05, 0) is 41.8 Å². The van der Waals surface area contributed by atoms with Crippen LogP contribution in [0.2, 0.25) is 0 Å². The Morgan fingerprint density at radius 3 is 3.35 bits per heavy atom. The Morgan fingerprint density at radius 2 is 2.53 bits per heavy atom. The maximum absolute atomic E-state index is 12.1. The molecule has 1 aromatic heterocycles. The minimum absolute atomic E-state index is 0.204. The first-order chi connectivity index (χ1) is 8.33. The molecule has 2 aliphatic rings. The Kier molecular flexibility index (Phi) is 3.27. The molecule has 2 fully saturated rings. The lowest BCUT2D eigenvalue weighted by Gasteiger charge is -2.34. The molecule has 4 heteroatoms. The predicted octanol–water partition coefficient (Wildman–Crippen LogP) is 1.72. The van der Waals surface area contributed by atoms with E-state index in [1.807, 2.05) is 16.8 Å². The molecule has 0 N–H and O–H groups in total. The van der Waals surface area contributed by atoms with Crippen LogP contribution in [0.4, 0.5) is 0 Å². The zero-order valence-electron chi connectivity index (χ0n) is 9.80. The number of ether oxygens (including phenoxy) is 1. The molecular formula is C13H17NO2S. The minimum atomic E-state index is -0.204. The summed E-state index contributed by atoms with van der Waals surface area (Å²) >= 11 is 1.64. The number of thiophene rings is 1. The standard InChI is InChI=1S/C13H17NO2S/c15-12(6-10-3-5-17-9-10)13-7-14-4-1-2-11(14)8-16-13/h3,5,9,11,13H,1-2,4,6-8H2. The van der Waals surface area contributed by atoms with E-state index < -0.39 is 0 Å². The molecule has 0 amide bonds. The van der Waals surface area contributed by atoms with Crippen LogP contribution in [0.25, 0.3) is 0 Å². The Labute approximate surface area is 105 Å². The van der Waals surface area contributed by atoms with E-state index in [9.17, 15) is 4.79 Å².